The summed E-state index contributed by atoms with van der Waals surface area (Å²) in [6, 6.07) is 0. The van der Waals surface area contributed by atoms with Crippen molar-refractivity contribution in [2.75, 3.05) is 13.6 Å². The zero-order valence-corrected chi connectivity index (χ0v) is 14.3. The first-order valence-corrected chi connectivity index (χ1v) is 7.31. The van der Waals surface area contributed by atoms with E-state index in [0.29, 0.717) is 17.0 Å². The minimum atomic E-state index is -4.37. The van der Waals surface area contributed by atoms with Crippen molar-refractivity contribution in [1.29, 1.82) is 0 Å². The summed E-state index contributed by atoms with van der Waals surface area (Å²) < 4.78 is 38.6. The molecule has 0 aromatic carbocycles. The Morgan fingerprint density at radius 1 is 1.35 bits per heavy atom. The average molecular weight is 335 g/mol. The van der Waals surface area contributed by atoms with Crippen LogP contribution >= 0.6 is 0 Å². The molecule has 0 saturated carbocycles. The summed E-state index contributed by atoms with van der Waals surface area (Å²) in [4.78, 5) is 13.9. The molecular formula is C15H24F3N3O2. The molecule has 1 N–H and O–H groups in total. The molecule has 0 aliphatic carbocycles. The van der Waals surface area contributed by atoms with Crippen LogP contribution in [0.15, 0.2) is 0 Å². The molecule has 1 aromatic heterocycles. The number of halogens is 3. The van der Waals surface area contributed by atoms with Crippen LogP contribution in [0.25, 0.3) is 0 Å². The number of alkyl halides is 3. The minimum absolute atomic E-state index is 0.130. The van der Waals surface area contributed by atoms with E-state index < -0.39 is 24.2 Å². The second-order valence-corrected chi connectivity index (χ2v) is 6.59. The summed E-state index contributed by atoms with van der Waals surface area (Å²) in [6.45, 7) is 6.87. The van der Waals surface area contributed by atoms with Gasteiger partial charge < -0.3 is 10.0 Å². The fraction of sp³-hybridized carbons (Fsp3) is 0.733. The first-order chi connectivity index (χ1) is 10.2. The van der Waals surface area contributed by atoms with E-state index >= 15 is 0 Å². The molecule has 5 nitrogen and oxygen atoms in total. The van der Waals surface area contributed by atoms with E-state index in [4.69, 9.17) is 0 Å². The lowest BCUT2D eigenvalue weighted by Gasteiger charge is -2.28. The summed E-state index contributed by atoms with van der Waals surface area (Å²) >= 11 is 0. The lowest BCUT2D eigenvalue weighted by Crippen LogP contribution is -2.41. The molecule has 0 fully saturated rings. The highest BCUT2D eigenvalue weighted by Crippen LogP contribution is 2.27. The molecular weight excluding hydrogens is 311 g/mol. The number of likely N-dealkylation sites (N-methyl/N-ethyl adjacent to an activating group) is 1. The summed E-state index contributed by atoms with van der Waals surface area (Å²) in [6.07, 6.45) is -4.37. The van der Waals surface area contributed by atoms with Crippen molar-refractivity contribution in [2.24, 2.45) is 0 Å². The quantitative estimate of drug-likeness (QED) is 0.899. The number of aryl methyl sites for hydroxylation is 1. The van der Waals surface area contributed by atoms with Crippen molar-refractivity contribution in [2.45, 2.75) is 58.9 Å². The largest absolute Gasteiger partial charge is 0.408 e. The molecule has 1 heterocycles. The molecule has 0 aliphatic rings. The lowest BCUT2D eigenvalue weighted by molar-refractivity contribution is -0.143. The van der Waals surface area contributed by atoms with Crippen molar-refractivity contribution in [3.05, 3.63) is 17.0 Å². The van der Waals surface area contributed by atoms with E-state index in [-0.39, 0.29) is 12.5 Å². The number of carbonyl (C=O) groups excluding carboxylic acids is 1. The van der Waals surface area contributed by atoms with Crippen molar-refractivity contribution in [3.63, 3.8) is 0 Å². The van der Waals surface area contributed by atoms with Crippen LogP contribution in [0.4, 0.5) is 13.2 Å². The Bertz CT molecular complexity index is 574. The molecule has 0 radical (unpaired) electrons. The second-order valence-electron chi connectivity index (χ2n) is 6.59. The highest BCUT2D eigenvalue weighted by molar-refractivity contribution is 5.83. The molecule has 23 heavy (non-hydrogen) atoms. The average Bonchev–Trinajstić information content (AvgIpc) is 2.58. The van der Waals surface area contributed by atoms with Crippen LogP contribution < -0.4 is 0 Å². The topological polar surface area (TPSA) is 58.4 Å². The number of hydrogen-bond acceptors (Lipinski definition) is 3. The van der Waals surface area contributed by atoms with Crippen LogP contribution in [-0.4, -0.2) is 51.1 Å². The maximum Gasteiger partial charge on any atom is 0.408 e. The van der Waals surface area contributed by atoms with Crippen LogP contribution in [0.3, 0.4) is 0 Å². The van der Waals surface area contributed by atoms with Crippen molar-refractivity contribution >= 4 is 5.91 Å². The molecule has 1 atom stereocenters. The van der Waals surface area contributed by atoms with Gasteiger partial charge >= 0.3 is 6.18 Å². The van der Waals surface area contributed by atoms with E-state index in [1.54, 1.807) is 34.7 Å². The first kappa shape index (κ1) is 19.5. The van der Waals surface area contributed by atoms with Gasteiger partial charge in [0.25, 0.3) is 0 Å². The predicted octanol–water partition coefficient (Wildman–Crippen LogP) is 2.40. The number of nitrogens with zero attached hydrogens (tertiary/aromatic N) is 3. The van der Waals surface area contributed by atoms with Crippen LogP contribution in [0.5, 0.6) is 0 Å². The Kier molecular flexibility index (Phi) is 5.51. The van der Waals surface area contributed by atoms with Gasteiger partial charge in [0.15, 0.2) is 0 Å². The zero-order valence-electron chi connectivity index (χ0n) is 14.3. The van der Waals surface area contributed by atoms with Gasteiger partial charge in [0, 0.05) is 24.8 Å². The van der Waals surface area contributed by atoms with Crippen LogP contribution in [0.2, 0.25) is 0 Å². The fourth-order valence-electron chi connectivity index (χ4n) is 2.77. The van der Waals surface area contributed by atoms with Gasteiger partial charge in [0.2, 0.25) is 5.91 Å². The second kappa shape index (κ2) is 6.51. The number of rotatable bonds is 5. The van der Waals surface area contributed by atoms with Crippen molar-refractivity contribution < 1.29 is 23.1 Å². The minimum Gasteiger partial charge on any atom is -0.389 e. The molecule has 0 spiro atoms. The maximum absolute atomic E-state index is 12.6. The van der Waals surface area contributed by atoms with E-state index in [2.05, 4.69) is 5.10 Å². The number of amides is 1. The van der Waals surface area contributed by atoms with Gasteiger partial charge in [-0.3, -0.25) is 9.48 Å². The van der Waals surface area contributed by atoms with Crippen molar-refractivity contribution in [1.82, 2.24) is 14.7 Å². The Morgan fingerprint density at radius 2 is 1.87 bits per heavy atom. The van der Waals surface area contributed by atoms with Crippen LogP contribution in [0, 0.1) is 13.8 Å². The maximum atomic E-state index is 12.6. The van der Waals surface area contributed by atoms with Gasteiger partial charge in [-0.1, -0.05) is 0 Å². The number of aliphatic hydroxyl groups is 1. The highest BCUT2D eigenvalue weighted by Gasteiger charge is 2.32. The van der Waals surface area contributed by atoms with Gasteiger partial charge in [-0.05, 0) is 34.6 Å². The van der Waals surface area contributed by atoms with Gasteiger partial charge in [0.05, 0.1) is 17.2 Å². The molecule has 0 saturated heterocycles. The smallest absolute Gasteiger partial charge is 0.389 e. The van der Waals surface area contributed by atoms with Crippen LogP contribution in [0.1, 0.15) is 43.6 Å². The van der Waals surface area contributed by atoms with E-state index in [0.717, 1.165) is 4.68 Å². The Labute approximate surface area is 134 Å². The van der Waals surface area contributed by atoms with Crippen LogP contribution in [-0.2, 0) is 11.3 Å². The van der Waals surface area contributed by atoms with E-state index in [1.807, 2.05) is 0 Å². The normalized spacial score (nSPS) is 14.0. The summed E-state index contributed by atoms with van der Waals surface area (Å²) in [5.41, 5.74) is 0.192. The molecule has 1 aromatic rings. The molecule has 1 amide bonds. The molecule has 0 unspecified atom stereocenters. The fourth-order valence-corrected chi connectivity index (χ4v) is 2.77. The third-order valence-corrected chi connectivity index (χ3v) is 3.57. The molecule has 8 heteroatoms. The Morgan fingerprint density at radius 3 is 2.30 bits per heavy atom. The van der Waals surface area contributed by atoms with E-state index in [9.17, 15) is 23.1 Å². The van der Waals surface area contributed by atoms with E-state index in [1.165, 1.54) is 11.8 Å². The number of carbonyl (C=O) groups is 1. The monoisotopic (exact) mass is 335 g/mol. The number of aromatic nitrogens is 2. The van der Waals surface area contributed by atoms with Gasteiger partial charge in [-0.2, -0.15) is 18.3 Å². The molecule has 132 valence electrons. The third kappa shape index (κ3) is 5.23. The predicted molar refractivity (Wildman–Crippen MR) is 80.1 cm³/mol. The highest BCUT2D eigenvalue weighted by atomic mass is 19.4. The molecule has 0 bridgehead atoms. The summed E-state index contributed by atoms with van der Waals surface area (Å²) in [5.74, 6) is -0.908. The molecule has 0 aliphatic heterocycles. The first-order valence-electron chi connectivity index (χ1n) is 7.31. The number of hydrogen-bond donors (Lipinski definition) is 1. The SMILES string of the molecule is Cc1nn(CC(F)(F)F)c(C)c1[C@H](C)C(=O)N(C)CC(C)(C)O. The summed E-state index contributed by atoms with van der Waals surface area (Å²) in [5, 5.41) is 13.7. The molecule has 1 rings (SSSR count). The Balaban J connectivity index is 3.04. The lowest BCUT2D eigenvalue weighted by atomic mass is 9.97. The summed E-state index contributed by atoms with van der Waals surface area (Å²) in [7, 11) is 1.56. The third-order valence-electron chi connectivity index (χ3n) is 3.57. The van der Waals surface area contributed by atoms with Crippen molar-refractivity contribution in [3.8, 4) is 0 Å². The van der Waals surface area contributed by atoms with Gasteiger partial charge in [-0.15, -0.1) is 0 Å². The Hall–Kier alpha value is -1.57. The van der Waals surface area contributed by atoms with Gasteiger partial charge in [-0.25, -0.2) is 0 Å². The zero-order chi connectivity index (χ0) is 18.2. The van der Waals surface area contributed by atoms with Gasteiger partial charge in [0.1, 0.15) is 6.54 Å². The standard InChI is InChI=1S/C15H24F3N3O2/c1-9(13(22)20(6)7-14(4,5)23)12-10(2)19-21(11(12)3)8-15(16,17)18/h9,23H,7-8H2,1-6H3/t9-/m0/s1.